The number of benzene rings is 2. The van der Waals surface area contributed by atoms with Gasteiger partial charge in [-0.2, -0.15) is 5.10 Å². The monoisotopic (exact) mass is 448 g/mol. The lowest BCUT2D eigenvalue weighted by Gasteiger charge is -2.22. The number of nitrogens with one attached hydrogen (secondary N) is 1. The average Bonchev–Trinajstić information content (AvgIpc) is 3.50. The van der Waals surface area contributed by atoms with Gasteiger partial charge >= 0.3 is 5.97 Å². The second kappa shape index (κ2) is 10.3. The molecule has 0 saturated carbocycles. The van der Waals surface area contributed by atoms with E-state index in [1.165, 1.54) is 7.11 Å². The molecule has 2 aromatic carbocycles. The fraction of sp³-hybridized carbons (Fsp3) is 0.320. The van der Waals surface area contributed by atoms with E-state index in [4.69, 9.17) is 9.47 Å². The van der Waals surface area contributed by atoms with E-state index >= 15 is 0 Å². The lowest BCUT2D eigenvalue weighted by atomic mass is 10.1. The standard InChI is InChI=1S/C25H28N4O4/c1-3-33-20-11-9-18(10-12-20)16-28-17-19(15-23(28)25(31)32-2)27-24(30)21-7-4-5-8-22(21)29-14-6-13-26-29/h4-14,19,23H,3,15-17H2,1-2H3,(H,27,30)/t19-,23+/m1/s1. The summed E-state index contributed by atoms with van der Waals surface area (Å²) in [6.45, 7) is 3.67. The zero-order chi connectivity index (χ0) is 23.2. The van der Waals surface area contributed by atoms with Crippen molar-refractivity contribution in [1.82, 2.24) is 20.0 Å². The molecule has 8 nitrogen and oxygen atoms in total. The van der Waals surface area contributed by atoms with Crippen LogP contribution in [0.2, 0.25) is 0 Å². The van der Waals surface area contributed by atoms with Crippen LogP contribution in [0.25, 0.3) is 5.69 Å². The van der Waals surface area contributed by atoms with Crippen molar-refractivity contribution in [3.05, 3.63) is 78.1 Å². The van der Waals surface area contributed by atoms with E-state index < -0.39 is 6.04 Å². The molecular formula is C25H28N4O4. The van der Waals surface area contributed by atoms with Crippen molar-refractivity contribution in [3.63, 3.8) is 0 Å². The molecular weight excluding hydrogens is 420 g/mol. The van der Waals surface area contributed by atoms with Gasteiger partial charge in [0.15, 0.2) is 0 Å². The summed E-state index contributed by atoms with van der Waals surface area (Å²) in [6, 6.07) is 16.4. The summed E-state index contributed by atoms with van der Waals surface area (Å²) in [4.78, 5) is 27.6. The Bertz CT molecular complexity index is 1080. The molecule has 3 aromatic rings. The van der Waals surface area contributed by atoms with Crippen LogP contribution in [0.5, 0.6) is 5.75 Å². The van der Waals surface area contributed by atoms with E-state index in [1.54, 1.807) is 23.1 Å². The topological polar surface area (TPSA) is 85.7 Å². The minimum atomic E-state index is -0.423. The third-order valence-electron chi connectivity index (χ3n) is 5.73. The van der Waals surface area contributed by atoms with Gasteiger partial charge in [-0.15, -0.1) is 0 Å². The molecule has 0 bridgehead atoms. The number of rotatable bonds is 8. The summed E-state index contributed by atoms with van der Waals surface area (Å²) >= 11 is 0. The van der Waals surface area contributed by atoms with Crippen LogP contribution in [0.3, 0.4) is 0 Å². The number of aromatic nitrogens is 2. The molecule has 1 amide bonds. The van der Waals surface area contributed by atoms with Crippen molar-refractivity contribution in [2.45, 2.75) is 32.0 Å². The molecule has 1 fully saturated rings. The van der Waals surface area contributed by atoms with Crippen LogP contribution >= 0.6 is 0 Å². The minimum absolute atomic E-state index is 0.185. The van der Waals surface area contributed by atoms with Gasteiger partial charge in [-0.05, 0) is 49.2 Å². The number of methoxy groups -OCH3 is 1. The molecule has 1 saturated heterocycles. The van der Waals surface area contributed by atoms with Gasteiger partial charge in [-0.3, -0.25) is 14.5 Å². The summed E-state index contributed by atoms with van der Waals surface area (Å²) in [7, 11) is 1.39. The van der Waals surface area contributed by atoms with E-state index in [2.05, 4.69) is 10.4 Å². The third-order valence-corrected chi connectivity index (χ3v) is 5.73. The van der Waals surface area contributed by atoms with E-state index in [-0.39, 0.29) is 17.9 Å². The van der Waals surface area contributed by atoms with Gasteiger partial charge in [0, 0.05) is 31.5 Å². The molecule has 0 unspecified atom stereocenters. The molecule has 0 radical (unpaired) electrons. The third kappa shape index (κ3) is 5.23. The molecule has 1 aliphatic heterocycles. The number of hydrogen-bond acceptors (Lipinski definition) is 6. The summed E-state index contributed by atoms with van der Waals surface area (Å²) < 4.78 is 12.2. The van der Waals surface area contributed by atoms with Crippen LogP contribution in [0.15, 0.2) is 67.0 Å². The van der Waals surface area contributed by atoms with E-state index in [1.807, 2.05) is 60.4 Å². The Hall–Kier alpha value is -3.65. The number of carbonyl (C=O) groups is 2. The van der Waals surface area contributed by atoms with Crippen molar-refractivity contribution < 1.29 is 19.1 Å². The maximum absolute atomic E-state index is 13.1. The number of amides is 1. The molecule has 0 spiro atoms. The van der Waals surface area contributed by atoms with Gasteiger partial charge in [0.05, 0.1) is 25.0 Å². The Kier molecular flexibility index (Phi) is 7.04. The second-order valence-electron chi connectivity index (χ2n) is 7.92. The number of nitrogens with zero attached hydrogens (tertiary/aromatic N) is 3. The minimum Gasteiger partial charge on any atom is -0.494 e. The second-order valence-corrected chi connectivity index (χ2v) is 7.92. The highest BCUT2D eigenvalue weighted by Gasteiger charge is 2.38. The first-order valence-electron chi connectivity index (χ1n) is 11.0. The Morgan fingerprint density at radius 2 is 1.91 bits per heavy atom. The van der Waals surface area contributed by atoms with Gasteiger partial charge in [-0.1, -0.05) is 24.3 Å². The molecule has 4 rings (SSSR count). The first-order valence-corrected chi connectivity index (χ1v) is 11.0. The molecule has 1 N–H and O–H groups in total. The maximum Gasteiger partial charge on any atom is 0.323 e. The molecule has 1 aliphatic rings. The van der Waals surface area contributed by atoms with E-state index in [0.717, 1.165) is 11.3 Å². The Morgan fingerprint density at radius 3 is 2.61 bits per heavy atom. The quantitative estimate of drug-likeness (QED) is 0.534. The van der Waals surface area contributed by atoms with Crippen LogP contribution in [0.4, 0.5) is 0 Å². The van der Waals surface area contributed by atoms with E-state index in [0.29, 0.717) is 37.4 Å². The Morgan fingerprint density at radius 1 is 1.12 bits per heavy atom. The van der Waals surface area contributed by atoms with Crippen molar-refractivity contribution >= 4 is 11.9 Å². The van der Waals surface area contributed by atoms with Gasteiger partial charge in [-0.25, -0.2) is 4.68 Å². The number of esters is 1. The van der Waals surface area contributed by atoms with Crippen molar-refractivity contribution in [2.75, 3.05) is 20.3 Å². The number of hydrogen-bond donors (Lipinski definition) is 1. The van der Waals surface area contributed by atoms with E-state index in [9.17, 15) is 9.59 Å². The van der Waals surface area contributed by atoms with Crippen molar-refractivity contribution in [3.8, 4) is 11.4 Å². The number of para-hydroxylation sites is 1. The summed E-state index contributed by atoms with van der Waals surface area (Å²) in [5.74, 6) is 0.320. The highest BCUT2D eigenvalue weighted by Crippen LogP contribution is 2.24. The molecule has 2 atom stereocenters. The lowest BCUT2D eigenvalue weighted by molar-refractivity contribution is -0.146. The normalized spacial score (nSPS) is 18.1. The summed E-state index contributed by atoms with van der Waals surface area (Å²) in [5, 5.41) is 7.34. The SMILES string of the molecule is CCOc1ccc(CN2C[C@H](NC(=O)c3ccccc3-n3cccn3)C[C@H]2C(=O)OC)cc1. The van der Waals surface area contributed by atoms with Crippen LogP contribution in [0.1, 0.15) is 29.3 Å². The number of likely N-dealkylation sites (tertiary alicyclic amines) is 1. The smallest absolute Gasteiger partial charge is 0.323 e. The highest BCUT2D eigenvalue weighted by molar-refractivity contribution is 5.98. The zero-order valence-corrected chi connectivity index (χ0v) is 18.8. The predicted octanol–water partition coefficient (Wildman–Crippen LogP) is 2.82. The summed E-state index contributed by atoms with van der Waals surface area (Å²) in [5.41, 5.74) is 2.29. The van der Waals surface area contributed by atoms with Gasteiger partial charge in [0.1, 0.15) is 11.8 Å². The Balaban J connectivity index is 1.47. The largest absolute Gasteiger partial charge is 0.494 e. The highest BCUT2D eigenvalue weighted by atomic mass is 16.5. The lowest BCUT2D eigenvalue weighted by Crippen LogP contribution is -2.38. The van der Waals surface area contributed by atoms with Gasteiger partial charge in [0.25, 0.3) is 5.91 Å². The summed E-state index contributed by atoms with van der Waals surface area (Å²) in [6.07, 6.45) is 3.96. The number of carbonyl (C=O) groups excluding carboxylic acids is 2. The van der Waals surface area contributed by atoms with Gasteiger partial charge in [0.2, 0.25) is 0 Å². The molecule has 33 heavy (non-hydrogen) atoms. The molecule has 1 aromatic heterocycles. The van der Waals surface area contributed by atoms with Crippen molar-refractivity contribution in [2.24, 2.45) is 0 Å². The predicted molar refractivity (Wildman–Crippen MR) is 123 cm³/mol. The molecule has 8 heteroatoms. The van der Waals surface area contributed by atoms with Crippen LogP contribution in [-0.2, 0) is 16.1 Å². The fourth-order valence-electron chi connectivity index (χ4n) is 4.20. The van der Waals surface area contributed by atoms with Crippen LogP contribution in [-0.4, -0.2) is 58.9 Å². The van der Waals surface area contributed by atoms with Crippen LogP contribution < -0.4 is 10.1 Å². The van der Waals surface area contributed by atoms with Crippen LogP contribution in [0, 0.1) is 0 Å². The Labute approximate surface area is 193 Å². The zero-order valence-electron chi connectivity index (χ0n) is 18.8. The maximum atomic E-state index is 13.1. The van der Waals surface area contributed by atoms with Crippen molar-refractivity contribution in [1.29, 1.82) is 0 Å². The number of ether oxygens (including phenoxy) is 2. The molecule has 2 heterocycles. The van der Waals surface area contributed by atoms with Gasteiger partial charge < -0.3 is 14.8 Å². The first kappa shape index (κ1) is 22.5. The molecule has 172 valence electrons. The fourth-order valence-corrected chi connectivity index (χ4v) is 4.20. The first-order chi connectivity index (χ1) is 16.1. The molecule has 0 aliphatic carbocycles. The average molecular weight is 449 g/mol.